The highest BCUT2D eigenvalue weighted by atomic mass is 32.1. The van der Waals surface area contributed by atoms with Crippen molar-refractivity contribution in [3.63, 3.8) is 0 Å². The number of nitrogens with zero attached hydrogens (tertiary/aromatic N) is 2. The fourth-order valence-electron chi connectivity index (χ4n) is 3.42. The summed E-state index contributed by atoms with van der Waals surface area (Å²) >= 11 is 1.65. The Morgan fingerprint density at radius 1 is 1.20 bits per heavy atom. The third-order valence-corrected chi connectivity index (χ3v) is 6.14. The lowest BCUT2D eigenvalue weighted by atomic mass is 10.0. The van der Waals surface area contributed by atoms with Crippen LogP contribution in [0.2, 0.25) is 0 Å². The molecule has 3 aromatic rings. The smallest absolute Gasteiger partial charge is 0.240 e. The molecule has 0 radical (unpaired) electrons. The van der Waals surface area contributed by atoms with E-state index >= 15 is 0 Å². The Kier molecular flexibility index (Phi) is 5.81. The van der Waals surface area contributed by atoms with Crippen molar-refractivity contribution in [3.05, 3.63) is 59.0 Å². The summed E-state index contributed by atoms with van der Waals surface area (Å²) in [5.41, 5.74) is 5.84. The number of Topliss-reactive ketones (excluding diaryl/α,β-unsaturated/α-hetero) is 1. The summed E-state index contributed by atoms with van der Waals surface area (Å²) < 4.78 is 6.83. The molecule has 0 saturated carbocycles. The lowest BCUT2D eigenvalue weighted by Gasteiger charge is -2.27. The standard InChI is InChI=1S/C23H23N3O3S/c1-15(18-14-30-22-6-4-3-5-17(18)22)24-25-23(28)10-9-20(27)16-7-8-19-21(13-16)29-12-11-26(19)2/h3-8,13-14H,9-12H2,1-2H3,(H,25,28)/b24-15+. The number of benzene rings is 2. The number of likely N-dealkylation sites (N-methyl/N-ethyl adjacent to an activating group) is 1. The minimum absolute atomic E-state index is 0.0812. The van der Waals surface area contributed by atoms with Gasteiger partial charge in [0.15, 0.2) is 5.78 Å². The number of hydrogen-bond donors (Lipinski definition) is 1. The monoisotopic (exact) mass is 421 g/mol. The summed E-state index contributed by atoms with van der Waals surface area (Å²) in [5.74, 6) is 0.341. The molecule has 0 spiro atoms. The maximum atomic E-state index is 12.5. The Balaban J connectivity index is 1.34. The van der Waals surface area contributed by atoms with Gasteiger partial charge in [-0.15, -0.1) is 11.3 Å². The van der Waals surface area contributed by atoms with Gasteiger partial charge in [-0.05, 0) is 31.2 Å². The van der Waals surface area contributed by atoms with Crippen molar-refractivity contribution < 1.29 is 14.3 Å². The topological polar surface area (TPSA) is 71.0 Å². The van der Waals surface area contributed by atoms with Crippen LogP contribution in [0.15, 0.2) is 52.9 Å². The number of carbonyl (C=O) groups excluding carboxylic acids is 2. The molecule has 30 heavy (non-hydrogen) atoms. The number of rotatable bonds is 6. The molecule has 1 aliphatic heterocycles. The highest BCUT2D eigenvalue weighted by Crippen LogP contribution is 2.32. The summed E-state index contributed by atoms with van der Waals surface area (Å²) in [5, 5.41) is 7.38. The average molecular weight is 422 g/mol. The Labute approximate surface area is 179 Å². The predicted molar refractivity (Wildman–Crippen MR) is 121 cm³/mol. The molecule has 0 unspecified atom stereocenters. The number of thiophene rings is 1. The normalized spacial score (nSPS) is 13.7. The third-order valence-electron chi connectivity index (χ3n) is 5.18. The van der Waals surface area contributed by atoms with Crippen molar-refractivity contribution in [2.75, 3.05) is 25.1 Å². The second-order valence-corrected chi connectivity index (χ2v) is 8.16. The van der Waals surface area contributed by atoms with Crippen LogP contribution in [0.25, 0.3) is 10.1 Å². The molecular formula is C23H23N3O3S. The number of hydrogen-bond acceptors (Lipinski definition) is 6. The van der Waals surface area contributed by atoms with Gasteiger partial charge in [0.1, 0.15) is 12.4 Å². The summed E-state index contributed by atoms with van der Waals surface area (Å²) in [6.07, 6.45) is 0.203. The van der Waals surface area contributed by atoms with E-state index in [0.29, 0.717) is 17.9 Å². The minimum Gasteiger partial charge on any atom is -0.490 e. The van der Waals surface area contributed by atoms with E-state index in [0.717, 1.165) is 28.9 Å². The number of amides is 1. The average Bonchev–Trinajstić information content (AvgIpc) is 3.20. The fourth-order valence-corrected chi connectivity index (χ4v) is 4.43. The van der Waals surface area contributed by atoms with Crippen LogP contribution in [0, 0.1) is 0 Å². The Morgan fingerprint density at radius 3 is 2.90 bits per heavy atom. The fraction of sp³-hybridized carbons (Fsp3) is 0.261. The molecule has 0 atom stereocenters. The molecule has 0 fully saturated rings. The Hall–Kier alpha value is -3.19. The summed E-state index contributed by atoms with van der Waals surface area (Å²) in [6, 6.07) is 13.5. The molecule has 154 valence electrons. The predicted octanol–water partition coefficient (Wildman–Crippen LogP) is 4.23. The lowest BCUT2D eigenvalue weighted by molar-refractivity contribution is -0.121. The van der Waals surface area contributed by atoms with Crippen LogP contribution in [-0.2, 0) is 4.79 Å². The molecule has 1 aliphatic rings. The number of ether oxygens (including phenoxy) is 1. The van der Waals surface area contributed by atoms with E-state index in [9.17, 15) is 9.59 Å². The number of ketones is 1. The molecule has 0 aliphatic carbocycles. The van der Waals surface area contributed by atoms with Crippen molar-refractivity contribution in [2.45, 2.75) is 19.8 Å². The number of carbonyl (C=O) groups is 2. The summed E-state index contributed by atoms with van der Waals surface area (Å²) in [4.78, 5) is 26.8. The zero-order valence-corrected chi connectivity index (χ0v) is 17.8. The Morgan fingerprint density at radius 2 is 2.03 bits per heavy atom. The van der Waals surface area contributed by atoms with Crippen molar-refractivity contribution in [1.82, 2.24) is 5.43 Å². The van der Waals surface area contributed by atoms with Gasteiger partial charge in [0.2, 0.25) is 5.91 Å². The van der Waals surface area contributed by atoms with Crippen LogP contribution in [0.5, 0.6) is 5.75 Å². The van der Waals surface area contributed by atoms with Gasteiger partial charge < -0.3 is 9.64 Å². The van der Waals surface area contributed by atoms with Crippen LogP contribution < -0.4 is 15.1 Å². The number of anilines is 1. The molecule has 6 nitrogen and oxygen atoms in total. The molecule has 0 bridgehead atoms. The van der Waals surface area contributed by atoms with Crippen LogP contribution in [0.1, 0.15) is 35.7 Å². The molecule has 1 aromatic heterocycles. The summed E-state index contributed by atoms with van der Waals surface area (Å²) in [6.45, 7) is 3.28. The van der Waals surface area contributed by atoms with E-state index in [1.165, 1.54) is 4.70 Å². The van der Waals surface area contributed by atoms with E-state index < -0.39 is 0 Å². The van der Waals surface area contributed by atoms with Crippen LogP contribution >= 0.6 is 11.3 Å². The van der Waals surface area contributed by atoms with Gasteiger partial charge >= 0.3 is 0 Å². The molecule has 2 aromatic carbocycles. The Bertz CT molecular complexity index is 1140. The van der Waals surface area contributed by atoms with E-state index in [1.54, 1.807) is 23.5 Å². The highest BCUT2D eigenvalue weighted by Gasteiger charge is 2.17. The number of hydrazone groups is 1. The molecule has 1 amide bonds. The van der Waals surface area contributed by atoms with Gasteiger partial charge in [0.25, 0.3) is 0 Å². The van der Waals surface area contributed by atoms with Gasteiger partial charge in [0, 0.05) is 46.5 Å². The third kappa shape index (κ3) is 4.21. The van der Waals surface area contributed by atoms with Gasteiger partial charge in [-0.3, -0.25) is 9.59 Å². The van der Waals surface area contributed by atoms with Crippen molar-refractivity contribution in [3.8, 4) is 5.75 Å². The first kappa shape index (κ1) is 20.1. The van der Waals surface area contributed by atoms with Crippen LogP contribution in [0.4, 0.5) is 5.69 Å². The summed E-state index contributed by atoms with van der Waals surface area (Å²) in [7, 11) is 1.99. The zero-order valence-electron chi connectivity index (χ0n) is 17.0. The van der Waals surface area contributed by atoms with Gasteiger partial charge in [-0.25, -0.2) is 5.43 Å². The maximum Gasteiger partial charge on any atom is 0.240 e. The SMILES string of the molecule is C/C(=N\NC(=O)CCC(=O)c1ccc2c(c1)OCCN2C)c1csc2ccccc12. The first-order chi connectivity index (χ1) is 14.5. The zero-order chi connectivity index (χ0) is 21.1. The second kappa shape index (κ2) is 8.67. The van der Waals surface area contributed by atoms with Gasteiger partial charge in [-0.1, -0.05) is 18.2 Å². The van der Waals surface area contributed by atoms with E-state index in [2.05, 4.69) is 21.5 Å². The maximum absolute atomic E-state index is 12.5. The van der Waals surface area contributed by atoms with Gasteiger partial charge in [-0.2, -0.15) is 5.10 Å². The number of fused-ring (bicyclic) bond motifs is 2. The van der Waals surface area contributed by atoms with E-state index in [-0.39, 0.29) is 24.5 Å². The molecule has 7 heteroatoms. The van der Waals surface area contributed by atoms with Crippen LogP contribution in [0.3, 0.4) is 0 Å². The van der Waals surface area contributed by atoms with E-state index in [4.69, 9.17) is 4.74 Å². The minimum atomic E-state index is -0.281. The molecule has 1 N–H and O–H groups in total. The molecule has 0 saturated heterocycles. The lowest BCUT2D eigenvalue weighted by Crippen LogP contribution is -2.28. The van der Waals surface area contributed by atoms with Crippen LogP contribution in [-0.4, -0.2) is 37.6 Å². The van der Waals surface area contributed by atoms with E-state index in [1.807, 2.05) is 43.6 Å². The second-order valence-electron chi connectivity index (χ2n) is 7.25. The highest BCUT2D eigenvalue weighted by molar-refractivity contribution is 7.17. The molecular weight excluding hydrogens is 398 g/mol. The molecule has 2 heterocycles. The van der Waals surface area contributed by atoms with Gasteiger partial charge in [0.05, 0.1) is 17.9 Å². The largest absolute Gasteiger partial charge is 0.490 e. The van der Waals surface area contributed by atoms with Crippen molar-refractivity contribution in [2.24, 2.45) is 5.10 Å². The van der Waals surface area contributed by atoms with Crippen molar-refractivity contribution in [1.29, 1.82) is 0 Å². The van der Waals surface area contributed by atoms with Crippen molar-refractivity contribution >= 4 is 44.5 Å². The first-order valence-electron chi connectivity index (χ1n) is 9.84. The number of nitrogens with one attached hydrogen (secondary N) is 1. The quantitative estimate of drug-likeness (QED) is 0.367. The first-order valence-corrected chi connectivity index (χ1v) is 10.7. The molecule has 4 rings (SSSR count).